The van der Waals surface area contributed by atoms with Crippen LogP contribution in [-0.4, -0.2) is 18.9 Å². The summed E-state index contributed by atoms with van der Waals surface area (Å²) in [6, 6.07) is 16.7. The van der Waals surface area contributed by atoms with E-state index in [0.717, 1.165) is 22.3 Å². The van der Waals surface area contributed by atoms with Gasteiger partial charge in [0.1, 0.15) is 11.4 Å². The molecule has 6 heteroatoms. The van der Waals surface area contributed by atoms with Crippen molar-refractivity contribution in [2.75, 3.05) is 17.3 Å². The number of halogens is 1. The highest BCUT2D eigenvalue weighted by atomic mass is 35.5. The van der Waals surface area contributed by atoms with E-state index in [1.54, 1.807) is 18.2 Å². The number of nitrogens with zero attached hydrogens (tertiary/aromatic N) is 1. The van der Waals surface area contributed by atoms with E-state index in [1.165, 1.54) is 12.0 Å². The smallest absolute Gasteiger partial charge is 0.282 e. The SMILES string of the molecule is COc1ccc(NC2=C(c3ccc(C)cc3C)C(=O)N(c3cc(C)ccc3C)C2=O)cc1Cl. The Bertz CT molecular complexity index is 1330. The van der Waals surface area contributed by atoms with E-state index >= 15 is 0 Å². The molecule has 1 heterocycles. The first kappa shape index (κ1) is 22.6. The molecule has 0 atom stereocenters. The van der Waals surface area contributed by atoms with Crippen molar-refractivity contribution < 1.29 is 14.3 Å². The van der Waals surface area contributed by atoms with Gasteiger partial charge < -0.3 is 10.1 Å². The summed E-state index contributed by atoms with van der Waals surface area (Å²) < 4.78 is 5.22. The maximum atomic E-state index is 13.7. The van der Waals surface area contributed by atoms with Gasteiger partial charge in [0.25, 0.3) is 11.8 Å². The second kappa shape index (κ2) is 8.75. The number of hydrogen-bond acceptors (Lipinski definition) is 4. The number of imide groups is 1. The number of hydrogen-bond donors (Lipinski definition) is 1. The highest BCUT2D eigenvalue weighted by molar-refractivity contribution is 6.46. The lowest BCUT2D eigenvalue weighted by Crippen LogP contribution is -2.33. The number of aryl methyl sites for hydroxylation is 4. The molecule has 33 heavy (non-hydrogen) atoms. The van der Waals surface area contributed by atoms with Gasteiger partial charge in [0.15, 0.2) is 0 Å². The zero-order valence-corrected chi connectivity index (χ0v) is 20.0. The fraction of sp³-hybridized carbons (Fsp3) is 0.185. The molecule has 0 aromatic heterocycles. The highest BCUT2D eigenvalue weighted by Crippen LogP contribution is 2.37. The third-order valence-corrected chi connectivity index (χ3v) is 6.06. The molecule has 168 valence electrons. The Morgan fingerprint density at radius 2 is 1.52 bits per heavy atom. The van der Waals surface area contributed by atoms with E-state index in [9.17, 15) is 9.59 Å². The number of anilines is 2. The predicted octanol–water partition coefficient (Wildman–Crippen LogP) is 5.98. The molecule has 4 rings (SSSR count). The summed E-state index contributed by atoms with van der Waals surface area (Å²) in [7, 11) is 1.54. The Morgan fingerprint density at radius 1 is 0.818 bits per heavy atom. The first-order valence-electron chi connectivity index (χ1n) is 10.6. The number of methoxy groups -OCH3 is 1. The summed E-state index contributed by atoms with van der Waals surface area (Å²) in [6.07, 6.45) is 0. The van der Waals surface area contributed by atoms with Gasteiger partial charge in [-0.1, -0.05) is 47.5 Å². The molecule has 0 unspecified atom stereocenters. The van der Waals surface area contributed by atoms with Crippen LogP contribution in [0.1, 0.15) is 27.8 Å². The molecule has 0 saturated carbocycles. The van der Waals surface area contributed by atoms with Crippen molar-refractivity contribution in [2.24, 2.45) is 0 Å². The Morgan fingerprint density at radius 3 is 2.18 bits per heavy atom. The lowest BCUT2D eigenvalue weighted by molar-refractivity contribution is -0.120. The fourth-order valence-electron chi connectivity index (χ4n) is 4.06. The molecule has 0 aliphatic carbocycles. The summed E-state index contributed by atoms with van der Waals surface area (Å²) in [5, 5.41) is 3.57. The Kier molecular flexibility index (Phi) is 6.00. The van der Waals surface area contributed by atoms with Gasteiger partial charge in [-0.2, -0.15) is 0 Å². The van der Waals surface area contributed by atoms with Crippen molar-refractivity contribution in [1.82, 2.24) is 0 Å². The summed E-state index contributed by atoms with van der Waals surface area (Å²) in [4.78, 5) is 28.7. The molecule has 0 radical (unpaired) electrons. The van der Waals surface area contributed by atoms with Crippen LogP contribution in [0.5, 0.6) is 5.75 Å². The first-order chi connectivity index (χ1) is 15.7. The quantitative estimate of drug-likeness (QED) is 0.476. The van der Waals surface area contributed by atoms with Crippen molar-refractivity contribution in [3.63, 3.8) is 0 Å². The van der Waals surface area contributed by atoms with Crippen LogP contribution >= 0.6 is 11.6 Å². The van der Waals surface area contributed by atoms with Crippen LogP contribution < -0.4 is 15.0 Å². The third-order valence-electron chi connectivity index (χ3n) is 5.76. The van der Waals surface area contributed by atoms with Gasteiger partial charge in [-0.05, 0) is 74.2 Å². The monoisotopic (exact) mass is 460 g/mol. The minimum atomic E-state index is -0.407. The lowest BCUT2D eigenvalue weighted by atomic mass is 9.97. The molecule has 1 aliphatic rings. The van der Waals surface area contributed by atoms with Gasteiger partial charge in [-0.3, -0.25) is 9.59 Å². The normalized spacial score (nSPS) is 13.7. The third kappa shape index (κ3) is 4.12. The predicted molar refractivity (Wildman–Crippen MR) is 133 cm³/mol. The van der Waals surface area contributed by atoms with E-state index in [-0.39, 0.29) is 11.6 Å². The van der Waals surface area contributed by atoms with Gasteiger partial charge in [-0.25, -0.2) is 4.90 Å². The van der Waals surface area contributed by atoms with Crippen molar-refractivity contribution in [2.45, 2.75) is 27.7 Å². The molecule has 0 saturated heterocycles. The summed E-state index contributed by atoms with van der Waals surface area (Å²) in [6.45, 7) is 7.76. The van der Waals surface area contributed by atoms with Crippen LogP contribution in [0.4, 0.5) is 11.4 Å². The van der Waals surface area contributed by atoms with Crippen molar-refractivity contribution in [3.05, 3.63) is 93.1 Å². The van der Waals surface area contributed by atoms with Crippen LogP contribution in [0, 0.1) is 27.7 Å². The molecule has 2 amide bonds. The fourth-order valence-corrected chi connectivity index (χ4v) is 4.31. The molecular weight excluding hydrogens is 436 g/mol. The number of amides is 2. The first-order valence-corrected chi connectivity index (χ1v) is 11.0. The van der Waals surface area contributed by atoms with Gasteiger partial charge in [0.2, 0.25) is 0 Å². The van der Waals surface area contributed by atoms with Crippen molar-refractivity contribution in [1.29, 1.82) is 0 Å². The number of ether oxygens (including phenoxy) is 1. The number of carbonyl (C=O) groups is 2. The zero-order chi connectivity index (χ0) is 23.9. The van der Waals surface area contributed by atoms with Crippen molar-refractivity contribution in [3.8, 4) is 5.75 Å². The van der Waals surface area contributed by atoms with Crippen LogP contribution in [0.3, 0.4) is 0 Å². The Labute approximate surface area is 198 Å². The van der Waals surface area contributed by atoms with Crippen LogP contribution in [0.2, 0.25) is 5.02 Å². The summed E-state index contributed by atoms with van der Waals surface area (Å²) in [5.41, 5.74) is 6.24. The number of benzene rings is 3. The van der Waals surface area contributed by atoms with Crippen LogP contribution in [0.25, 0.3) is 5.57 Å². The maximum Gasteiger partial charge on any atom is 0.282 e. The minimum absolute atomic E-state index is 0.217. The molecule has 0 bridgehead atoms. The summed E-state index contributed by atoms with van der Waals surface area (Å²) in [5.74, 6) is -0.241. The van der Waals surface area contributed by atoms with Crippen LogP contribution in [0.15, 0.2) is 60.3 Å². The van der Waals surface area contributed by atoms with Crippen molar-refractivity contribution >= 4 is 40.4 Å². The van der Waals surface area contributed by atoms with E-state index in [2.05, 4.69) is 5.32 Å². The molecule has 1 N–H and O–H groups in total. The molecule has 1 aliphatic heterocycles. The molecule has 3 aromatic carbocycles. The second-order valence-electron chi connectivity index (χ2n) is 8.28. The average molecular weight is 461 g/mol. The van der Waals surface area contributed by atoms with Gasteiger partial charge >= 0.3 is 0 Å². The lowest BCUT2D eigenvalue weighted by Gasteiger charge is -2.18. The molecule has 5 nitrogen and oxygen atoms in total. The van der Waals surface area contributed by atoms with Gasteiger partial charge in [0, 0.05) is 5.69 Å². The van der Waals surface area contributed by atoms with E-state index in [4.69, 9.17) is 16.3 Å². The van der Waals surface area contributed by atoms with E-state index < -0.39 is 5.91 Å². The molecule has 3 aromatic rings. The second-order valence-corrected chi connectivity index (χ2v) is 8.69. The zero-order valence-electron chi connectivity index (χ0n) is 19.2. The molecule has 0 fully saturated rings. The number of nitrogens with one attached hydrogen (secondary N) is 1. The maximum absolute atomic E-state index is 13.7. The highest BCUT2D eigenvalue weighted by Gasteiger charge is 2.41. The van der Waals surface area contributed by atoms with Gasteiger partial charge in [0.05, 0.1) is 23.4 Å². The summed E-state index contributed by atoms with van der Waals surface area (Å²) >= 11 is 6.30. The number of rotatable bonds is 5. The largest absolute Gasteiger partial charge is 0.495 e. The number of carbonyl (C=O) groups excluding carboxylic acids is 2. The van der Waals surface area contributed by atoms with E-state index in [0.29, 0.717) is 33.3 Å². The Hall–Kier alpha value is -3.57. The average Bonchev–Trinajstić information content (AvgIpc) is 3.00. The van der Waals surface area contributed by atoms with Crippen LogP contribution in [-0.2, 0) is 9.59 Å². The van der Waals surface area contributed by atoms with E-state index in [1.807, 2.05) is 64.1 Å². The standard InChI is InChI=1S/C27H25ClN2O3/c1-15-7-10-20(18(4)12-15)24-25(29-19-9-11-23(33-5)21(28)14-19)27(32)30(26(24)31)22-13-16(2)6-8-17(22)3/h6-14,29H,1-5H3. The van der Waals surface area contributed by atoms with Gasteiger partial charge in [-0.15, -0.1) is 0 Å². The topological polar surface area (TPSA) is 58.6 Å². The molecular formula is C27H25ClN2O3. The minimum Gasteiger partial charge on any atom is -0.495 e. The Balaban J connectivity index is 1.87. The molecule has 0 spiro atoms.